The molecular weight excluding hydrogens is 270 g/mol. The first-order valence-corrected chi connectivity index (χ1v) is 6.87. The fraction of sp³-hybridized carbons (Fsp3) is 0.467. The number of morpholine rings is 1. The molecule has 0 bridgehead atoms. The molecule has 1 atom stereocenters. The minimum Gasteiger partial charge on any atom is -0.495 e. The fourth-order valence-electron chi connectivity index (χ4n) is 2.28. The molecule has 1 amide bonds. The van der Waals surface area contributed by atoms with Crippen molar-refractivity contribution in [1.82, 2.24) is 4.90 Å². The van der Waals surface area contributed by atoms with Crippen LogP contribution in [0.5, 0.6) is 5.75 Å². The first kappa shape index (κ1) is 15.1. The summed E-state index contributed by atoms with van der Waals surface area (Å²) >= 11 is 0. The Morgan fingerprint density at radius 3 is 2.81 bits per heavy atom. The predicted octanol–water partition coefficient (Wildman–Crippen LogP) is 1.23. The first-order chi connectivity index (χ1) is 10.2. The molecular formula is C15H19N3O3. The number of methoxy groups -OCH3 is 1. The number of para-hydroxylation sites is 1. The van der Waals surface area contributed by atoms with Crippen LogP contribution in [-0.4, -0.2) is 50.3 Å². The zero-order valence-corrected chi connectivity index (χ0v) is 12.3. The van der Waals surface area contributed by atoms with E-state index in [1.54, 1.807) is 30.0 Å². The van der Waals surface area contributed by atoms with E-state index in [1.807, 2.05) is 0 Å². The van der Waals surface area contributed by atoms with Crippen LogP contribution >= 0.6 is 0 Å². The average molecular weight is 289 g/mol. The second kappa shape index (κ2) is 6.95. The lowest BCUT2D eigenvalue weighted by atomic mass is 10.1. The Balaban J connectivity index is 2.13. The van der Waals surface area contributed by atoms with Gasteiger partial charge in [-0.3, -0.25) is 4.79 Å². The molecule has 21 heavy (non-hydrogen) atoms. The lowest BCUT2D eigenvalue weighted by Gasteiger charge is -2.30. The summed E-state index contributed by atoms with van der Waals surface area (Å²) in [6.45, 7) is 4.11. The molecule has 0 aromatic heterocycles. The molecule has 1 fully saturated rings. The number of amides is 1. The molecule has 1 aliphatic rings. The van der Waals surface area contributed by atoms with Crippen LogP contribution in [0.1, 0.15) is 12.5 Å². The number of nitrogens with zero attached hydrogens (tertiary/aromatic N) is 2. The Morgan fingerprint density at radius 1 is 1.48 bits per heavy atom. The van der Waals surface area contributed by atoms with Crippen LogP contribution < -0.4 is 10.1 Å². The average Bonchev–Trinajstić information content (AvgIpc) is 2.55. The quantitative estimate of drug-likeness (QED) is 0.902. The van der Waals surface area contributed by atoms with Gasteiger partial charge < -0.3 is 19.7 Å². The molecule has 0 spiro atoms. The molecule has 112 valence electrons. The van der Waals surface area contributed by atoms with Gasteiger partial charge in [-0.15, -0.1) is 0 Å². The highest BCUT2D eigenvalue weighted by atomic mass is 16.5. The SMILES string of the molecule is COc1cccc(C#N)c1NC(C)C(=O)N1CCOCC1. The zero-order chi connectivity index (χ0) is 15.2. The Hall–Kier alpha value is -2.26. The number of carbonyl (C=O) groups is 1. The highest BCUT2D eigenvalue weighted by Gasteiger charge is 2.23. The lowest BCUT2D eigenvalue weighted by molar-refractivity contribution is -0.135. The number of hydrogen-bond acceptors (Lipinski definition) is 5. The Kier molecular flexibility index (Phi) is 5.01. The van der Waals surface area contributed by atoms with E-state index in [-0.39, 0.29) is 5.91 Å². The summed E-state index contributed by atoms with van der Waals surface area (Å²) in [6, 6.07) is 6.87. The molecule has 1 aromatic rings. The van der Waals surface area contributed by atoms with Crippen molar-refractivity contribution in [3.63, 3.8) is 0 Å². The Morgan fingerprint density at radius 2 is 2.19 bits per heavy atom. The van der Waals surface area contributed by atoms with Gasteiger partial charge in [-0.05, 0) is 19.1 Å². The van der Waals surface area contributed by atoms with Crippen molar-refractivity contribution < 1.29 is 14.3 Å². The molecule has 1 aromatic carbocycles. The molecule has 0 aliphatic carbocycles. The Bertz CT molecular complexity index is 548. The molecule has 1 unspecified atom stereocenters. The standard InChI is InChI=1S/C15H19N3O3/c1-11(15(19)18-6-8-21-9-7-18)17-14-12(10-16)4-3-5-13(14)20-2/h3-5,11,17H,6-9H2,1-2H3. The number of ether oxygens (including phenoxy) is 2. The van der Waals surface area contributed by atoms with Gasteiger partial charge in [0.2, 0.25) is 5.91 Å². The lowest BCUT2D eigenvalue weighted by Crippen LogP contribution is -2.47. The van der Waals surface area contributed by atoms with Gasteiger partial charge in [0.1, 0.15) is 17.9 Å². The summed E-state index contributed by atoms with van der Waals surface area (Å²) in [7, 11) is 1.54. The number of nitriles is 1. The van der Waals surface area contributed by atoms with E-state index in [4.69, 9.17) is 9.47 Å². The molecule has 1 N–H and O–H groups in total. The molecule has 1 aliphatic heterocycles. The van der Waals surface area contributed by atoms with Gasteiger partial charge in [0, 0.05) is 13.1 Å². The van der Waals surface area contributed by atoms with E-state index < -0.39 is 6.04 Å². The van der Waals surface area contributed by atoms with E-state index in [9.17, 15) is 10.1 Å². The largest absolute Gasteiger partial charge is 0.495 e. The van der Waals surface area contributed by atoms with Crippen LogP contribution in [0.15, 0.2) is 18.2 Å². The summed E-state index contributed by atoms with van der Waals surface area (Å²) in [4.78, 5) is 14.2. The smallest absolute Gasteiger partial charge is 0.244 e. The number of rotatable bonds is 4. The van der Waals surface area contributed by atoms with Crippen LogP contribution in [-0.2, 0) is 9.53 Å². The summed E-state index contributed by atoms with van der Waals surface area (Å²) in [5.74, 6) is 0.545. The third kappa shape index (κ3) is 3.44. The number of nitrogens with one attached hydrogen (secondary N) is 1. The van der Waals surface area contributed by atoms with E-state index in [1.165, 1.54) is 7.11 Å². The number of carbonyl (C=O) groups excluding carboxylic acids is 1. The van der Waals surface area contributed by atoms with E-state index >= 15 is 0 Å². The van der Waals surface area contributed by atoms with Gasteiger partial charge in [0.15, 0.2) is 0 Å². The summed E-state index contributed by atoms with van der Waals surface area (Å²) in [6.07, 6.45) is 0. The van der Waals surface area contributed by atoms with Gasteiger partial charge in [0.05, 0.1) is 31.6 Å². The predicted molar refractivity (Wildman–Crippen MR) is 78.2 cm³/mol. The van der Waals surface area contributed by atoms with E-state index in [0.29, 0.717) is 43.3 Å². The maximum absolute atomic E-state index is 12.4. The fourth-order valence-corrected chi connectivity index (χ4v) is 2.28. The molecule has 1 saturated heterocycles. The maximum atomic E-state index is 12.4. The number of hydrogen-bond donors (Lipinski definition) is 1. The highest BCUT2D eigenvalue weighted by molar-refractivity contribution is 5.85. The molecule has 1 heterocycles. The molecule has 0 saturated carbocycles. The minimum atomic E-state index is -0.438. The zero-order valence-electron chi connectivity index (χ0n) is 12.3. The van der Waals surface area contributed by atoms with Crippen molar-refractivity contribution >= 4 is 11.6 Å². The third-order valence-corrected chi connectivity index (χ3v) is 3.42. The topological polar surface area (TPSA) is 74.6 Å². The maximum Gasteiger partial charge on any atom is 0.244 e. The number of anilines is 1. The van der Waals surface area contributed by atoms with Crippen molar-refractivity contribution in [2.45, 2.75) is 13.0 Å². The summed E-state index contributed by atoms with van der Waals surface area (Å²) in [5, 5.41) is 12.3. The third-order valence-electron chi connectivity index (χ3n) is 3.42. The minimum absolute atomic E-state index is 0.00639. The van der Waals surface area contributed by atoms with Crippen LogP contribution in [0.3, 0.4) is 0 Å². The van der Waals surface area contributed by atoms with E-state index in [2.05, 4.69) is 11.4 Å². The van der Waals surface area contributed by atoms with Crippen molar-refractivity contribution in [3.05, 3.63) is 23.8 Å². The van der Waals surface area contributed by atoms with Gasteiger partial charge >= 0.3 is 0 Å². The first-order valence-electron chi connectivity index (χ1n) is 6.87. The van der Waals surface area contributed by atoms with Gasteiger partial charge in [-0.1, -0.05) is 6.07 Å². The summed E-state index contributed by atoms with van der Waals surface area (Å²) < 4.78 is 10.5. The summed E-state index contributed by atoms with van der Waals surface area (Å²) in [5.41, 5.74) is 1.01. The van der Waals surface area contributed by atoms with E-state index in [0.717, 1.165) is 0 Å². The van der Waals surface area contributed by atoms with Crippen molar-refractivity contribution in [2.75, 3.05) is 38.7 Å². The highest BCUT2D eigenvalue weighted by Crippen LogP contribution is 2.28. The second-order valence-corrected chi connectivity index (χ2v) is 4.80. The molecule has 0 radical (unpaired) electrons. The number of benzene rings is 1. The monoisotopic (exact) mass is 289 g/mol. The second-order valence-electron chi connectivity index (χ2n) is 4.80. The Labute approximate surface area is 124 Å². The van der Waals surface area contributed by atoms with Crippen LogP contribution in [0.4, 0.5) is 5.69 Å². The normalized spacial score (nSPS) is 16.0. The van der Waals surface area contributed by atoms with Gasteiger partial charge in [-0.25, -0.2) is 0 Å². The molecule has 2 rings (SSSR count). The van der Waals surface area contributed by atoms with Crippen LogP contribution in [0, 0.1) is 11.3 Å². The van der Waals surface area contributed by atoms with Crippen LogP contribution in [0.25, 0.3) is 0 Å². The van der Waals surface area contributed by atoms with Gasteiger partial charge in [-0.2, -0.15) is 5.26 Å². The molecule has 6 nitrogen and oxygen atoms in total. The van der Waals surface area contributed by atoms with Gasteiger partial charge in [0.25, 0.3) is 0 Å². The van der Waals surface area contributed by atoms with Crippen molar-refractivity contribution in [3.8, 4) is 11.8 Å². The van der Waals surface area contributed by atoms with Crippen molar-refractivity contribution in [2.24, 2.45) is 0 Å². The van der Waals surface area contributed by atoms with Crippen molar-refractivity contribution in [1.29, 1.82) is 5.26 Å². The molecule has 6 heteroatoms. The van der Waals surface area contributed by atoms with Crippen LogP contribution in [0.2, 0.25) is 0 Å².